The molecule has 31 heavy (non-hydrogen) atoms. The smallest absolute Gasteiger partial charge is 0.231 e. The van der Waals surface area contributed by atoms with E-state index in [0.29, 0.717) is 21.9 Å². The van der Waals surface area contributed by atoms with Crippen LogP contribution in [-0.4, -0.2) is 31.6 Å². The van der Waals surface area contributed by atoms with Gasteiger partial charge in [0.15, 0.2) is 10.9 Å². The van der Waals surface area contributed by atoms with Gasteiger partial charge in [-0.15, -0.1) is 0 Å². The highest BCUT2D eigenvalue weighted by molar-refractivity contribution is 7.19. The molecule has 7 nitrogen and oxygen atoms in total. The molecule has 1 aromatic carbocycles. The van der Waals surface area contributed by atoms with E-state index in [1.165, 1.54) is 11.3 Å². The Hall–Kier alpha value is -3.49. The number of halogens is 1. The predicted octanol–water partition coefficient (Wildman–Crippen LogP) is 5.65. The first kappa shape index (κ1) is 19.5. The van der Waals surface area contributed by atoms with Crippen LogP contribution in [0.1, 0.15) is 5.69 Å². The van der Waals surface area contributed by atoms with Gasteiger partial charge in [0.25, 0.3) is 0 Å². The minimum atomic E-state index is 0.409. The van der Waals surface area contributed by atoms with Crippen LogP contribution in [0, 0.1) is 6.92 Å². The summed E-state index contributed by atoms with van der Waals surface area (Å²) >= 11 is 7.94. The van der Waals surface area contributed by atoms with Gasteiger partial charge in [0.05, 0.1) is 23.9 Å². The van der Waals surface area contributed by atoms with Gasteiger partial charge in [0.1, 0.15) is 16.4 Å². The fourth-order valence-corrected chi connectivity index (χ4v) is 4.43. The number of hydrogen-bond acceptors (Lipinski definition) is 7. The highest BCUT2D eigenvalue weighted by atomic mass is 35.5. The summed E-state index contributed by atoms with van der Waals surface area (Å²) in [7, 11) is 1.65. The lowest BCUT2D eigenvalue weighted by Crippen LogP contribution is -2.03. The van der Waals surface area contributed by atoms with Gasteiger partial charge in [-0.1, -0.05) is 22.9 Å². The fraction of sp³-hybridized carbons (Fsp3) is 0.0909. The number of benzene rings is 1. The Kier molecular flexibility index (Phi) is 5.01. The molecule has 5 rings (SSSR count). The summed E-state index contributed by atoms with van der Waals surface area (Å²) in [5.41, 5.74) is 2.78. The summed E-state index contributed by atoms with van der Waals surface area (Å²) in [6, 6.07) is 13.8. The van der Waals surface area contributed by atoms with Crippen LogP contribution in [0.2, 0.25) is 5.02 Å². The average molecular weight is 449 g/mol. The molecular weight excluding hydrogens is 432 g/mol. The molecule has 0 bridgehead atoms. The minimum Gasteiger partial charge on any atom is -0.497 e. The number of nitrogens with zero attached hydrogens (tertiary/aromatic N) is 5. The highest BCUT2D eigenvalue weighted by Gasteiger charge is 2.14. The van der Waals surface area contributed by atoms with Gasteiger partial charge in [-0.05, 0) is 55.0 Å². The van der Waals surface area contributed by atoms with Crippen molar-refractivity contribution in [1.29, 1.82) is 0 Å². The third-order valence-electron chi connectivity index (χ3n) is 4.77. The molecule has 1 N–H and O–H groups in total. The second kappa shape index (κ2) is 7.98. The largest absolute Gasteiger partial charge is 0.497 e. The van der Waals surface area contributed by atoms with Crippen LogP contribution < -0.4 is 10.1 Å². The van der Waals surface area contributed by atoms with Crippen molar-refractivity contribution >= 4 is 45.1 Å². The Bertz CT molecular complexity index is 1380. The van der Waals surface area contributed by atoms with E-state index in [1.807, 2.05) is 60.2 Å². The molecule has 0 fully saturated rings. The summed E-state index contributed by atoms with van der Waals surface area (Å²) in [5, 5.41) is 5.34. The van der Waals surface area contributed by atoms with Crippen LogP contribution in [-0.2, 0) is 0 Å². The lowest BCUT2D eigenvalue weighted by atomic mass is 10.1. The van der Waals surface area contributed by atoms with Gasteiger partial charge in [-0.25, -0.2) is 15.0 Å². The number of rotatable bonds is 5. The van der Waals surface area contributed by atoms with E-state index in [0.717, 1.165) is 32.9 Å². The Labute approximate surface area is 187 Å². The molecule has 9 heteroatoms. The number of nitrogens with one attached hydrogen (secondary N) is 1. The predicted molar refractivity (Wildman–Crippen MR) is 124 cm³/mol. The Morgan fingerprint density at radius 2 is 1.90 bits per heavy atom. The lowest BCUT2D eigenvalue weighted by Gasteiger charge is -2.08. The van der Waals surface area contributed by atoms with Gasteiger partial charge >= 0.3 is 0 Å². The number of thiazole rings is 1. The summed E-state index contributed by atoms with van der Waals surface area (Å²) in [5.74, 6) is 1.78. The highest BCUT2D eigenvalue weighted by Crippen LogP contribution is 2.34. The molecule has 0 spiro atoms. The first-order valence-corrected chi connectivity index (χ1v) is 10.7. The topological polar surface area (TPSA) is 77.8 Å². The number of aryl methyl sites for hydroxylation is 1. The Balaban J connectivity index is 1.46. The van der Waals surface area contributed by atoms with Crippen molar-refractivity contribution in [2.24, 2.45) is 0 Å². The molecule has 0 aliphatic carbocycles. The van der Waals surface area contributed by atoms with E-state index in [2.05, 4.69) is 25.3 Å². The molecule has 0 radical (unpaired) electrons. The molecule has 4 heterocycles. The fourth-order valence-electron chi connectivity index (χ4n) is 3.28. The van der Waals surface area contributed by atoms with Gasteiger partial charge < -0.3 is 4.74 Å². The van der Waals surface area contributed by atoms with Crippen molar-refractivity contribution in [1.82, 2.24) is 24.5 Å². The van der Waals surface area contributed by atoms with Crippen LogP contribution >= 0.6 is 22.9 Å². The molecule has 0 amide bonds. The molecule has 154 valence electrons. The quantitative estimate of drug-likeness (QED) is 0.374. The first-order chi connectivity index (χ1) is 15.1. The van der Waals surface area contributed by atoms with E-state index in [4.69, 9.17) is 16.3 Å². The summed E-state index contributed by atoms with van der Waals surface area (Å²) < 4.78 is 7.09. The molecule has 5 aromatic rings. The number of pyridine rings is 1. The maximum Gasteiger partial charge on any atom is 0.231 e. The van der Waals surface area contributed by atoms with E-state index >= 15 is 0 Å². The summed E-state index contributed by atoms with van der Waals surface area (Å²) in [6.07, 6.45) is 5.21. The SMILES string of the molecule is COc1ccc(-c2sc(Nc3ncc(Cl)c(-n4ccc5cccnc54)n3)nc2C)cc1. The van der Waals surface area contributed by atoms with Crippen molar-refractivity contribution < 1.29 is 4.74 Å². The molecule has 0 unspecified atom stereocenters. The Morgan fingerprint density at radius 3 is 2.71 bits per heavy atom. The van der Waals surface area contributed by atoms with Gasteiger partial charge in [0, 0.05) is 17.8 Å². The second-order valence-electron chi connectivity index (χ2n) is 6.75. The molecule has 0 saturated carbocycles. The monoisotopic (exact) mass is 448 g/mol. The van der Waals surface area contributed by atoms with Crippen molar-refractivity contribution in [3.8, 4) is 22.0 Å². The van der Waals surface area contributed by atoms with E-state index < -0.39 is 0 Å². The molecule has 0 atom stereocenters. The molecule has 0 saturated heterocycles. The number of methoxy groups -OCH3 is 1. The summed E-state index contributed by atoms with van der Waals surface area (Å²) in [6.45, 7) is 1.98. The van der Waals surface area contributed by atoms with Crippen LogP contribution in [0.5, 0.6) is 5.75 Å². The van der Waals surface area contributed by atoms with E-state index in [-0.39, 0.29) is 0 Å². The zero-order valence-electron chi connectivity index (χ0n) is 16.7. The number of hydrogen-bond donors (Lipinski definition) is 1. The Morgan fingerprint density at radius 1 is 1.06 bits per heavy atom. The standard InChI is InChI=1S/C22H17ClN6OS/c1-13-18(14-5-7-16(30-2)8-6-14)31-22(26-13)28-21-25-12-17(23)20(27-21)29-11-9-15-4-3-10-24-19(15)29/h3-12H,1-2H3,(H,25,26,27,28). The molecule has 4 aromatic heterocycles. The summed E-state index contributed by atoms with van der Waals surface area (Å²) in [4.78, 5) is 19.1. The maximum atomic E-state index is 6.40. The van der Waals surface area contributed by atoms with Crippen molar-refractivity contribution in [2.75, 3.05) is 12.4 Å². The first-order valence-electron chi connectivity index (χ1n) is 9.46. The third kappa shape index (κ3) is 3.71. The van der Waals surface area contributed by atoms with Gasteiger partial charge in [-0.3, -0.25) is 9.88 Å². The molecule has 0 aliphatic heterocycles. The lowest BCUT2D eigenvalue weighted by molar-refractivity contribution is 0.415. The van der Waals surface area contributed by atoms with E-state index in [9.17, 15) is 0 Å². The molecular formula is C22H17ClN6OS. The number of fused-ring (bicyclic) bond motifs is 1. The van der Waals surface area contributed by atoms with E-state index in [1.54, 1.807) is 19.5 Å². The zero-order chi connectivity index (χ0) is 21.4. The number of ether oxygens (including phenoxy) is 1. The normalized spacial score (nSPS) is 11.1. The van der Waals surface area contributed by atoms with Gasteiger partial charge in [-0.2, -0.15) is 4.98 Å². The maximum absolute atomic E-state index is 6.40. The van der Waals surface area contributed by atoms with Crippen molar-refractivity contribution in [3.05, 3.63) is 71.8 Å². The van der Waals surface area contributed by atoms with Crippen LogP contribution in [0.3, 0.4) is 0 Å². The van der Waals surface area contributed by atoms with Crippen LogP contribution in [0.15, 0.2) is 61.1 Å². The van der Waals surface area contributed by atoms with Crippen molar-refractivity contribution in [3.63, 3.8) is 0 Å². The third-order valence-corrected chi connectivity index (χ3v) is 6.16. The van der Waals surface area contributed by atoms with Crippen molar-refractivity contribution in [2.45, 2.75) is 6.92 Å². The van der Waals surface area contributed by atoms with Crippen LogP contribution in [0.4, 0.5) is 11.1 Å². The second-order valence-corrected chi connectivity index (χ2v) is 8.16. The number of aromatic nitrogens is 5. The number of anilines is 2. The minimum absolute atomic E-state index is 0.409. The average Bonchev–Trinajstić information content (AvgIpc) is 3.38. The van der Waals surface area contributed by atoms with Gasteiger partial charge in [0.2, 0.25) is 5.95 Å². The molecule has 0 aliphatic rings. The zero-order valence-corrected chi connectivity index (χ0v) is 18.3. The van der Waals surface area contributed by atoms with Crippen LogP contribution in [0.25, 0.3) is 27.3 Å².